The predicted molar refractivity (Wildman–Crippen MR) is 87.3 cm³/mol. The van der Waals surface area contributed by atoms with Crippen molar-refractivity contribution in [2.45, 2.75) is 19.8 Å². The molecule has 0 unspecified atom stereocenters. The Bertz CT molecular complexity index is 728. The van der Waals surface area contributed by atoms with Crippen LogP contribution >= 0.6 is 11.6 Å². The van der Waals surface area contributed by atoms with Crippen molar-refractivity contribution in [2.24, 2.45) is 0 Å². The van der Waals surface area contributed by atoms with Gasteiger partial charge in [-0.15, -0.1) is 0 Å². The molecule has 1 heterocycles. The highest BCUT2D eigenvalue weighted by molar-refractivity contribution is 6.30. The van der Waals surface area contributed by atoms with Crippen molar-refractivity contribution in [3.05, 3.63) is 46.5 Å². The summed E-state index contributed by atoms with van der Waals surface area (Å²) in [5, 5.41) is 6.84. The van der Waals surface area contributed by atoms with E-state index in [9.17, 15) is 4.79 Å². The maximum absolute atomic E-state index is 11.4. The lowest BCUT2D eigenvalue weighted by atomic mass is 10.0. The van der Waals surface area contributed by atoms with Crippen molar-refractivity contribution in [1.29, 1.82) is 0 Å². The lowest BCUT2D eigenvalue weighted by molar-refractivity contribution is -0.116. The van der Waals surface area contributed by atoms with Crippen LogP contribution in [0.15, 0.2) is 30.3 Å². The van der Waals surface area contributed by atoms with Crippen molar-refractivity contribution in [2.75, 3.05) is 16.4 Å². The highest BCUT2D eigenvalue weighted by Gasteiger charge is 2.17. The average Bonchev–Trinajstić information content (AvgIpc) is 2.44. The first kappa shape index (κ1) is 13.8. The van der Waals surface area contributed by atoms with Crippen molar-refractivity contribution in [3.63, 3.8) is 0 Å². The number of hydrogen-bond acceptors (Lipinski definition) is 3. The van der Waals surface area contributed by atoms with Gasteiger partial charge >= 0.3 is 0 Å². The first-order chi connectivity index (χ1) is 10.0. The third kappa shape index (κ3) is 2.81. The van der Waals surface area contributed by atoms with Gasteiger partial charge in [-0.3, -0.25) is 4.79 Å². The number of anilines is 4. The molecule has 1 aliphatic heterocycles. The van der Waals surface area contributed by atoms with E-state index in [2.05, 4.69) is 10.6 Å². The first-order valence-electron chi connectivity index (χ1n) is 6.78. The molecule has 0 atom stereocenters. The fraction of sp³-hybridized carbons (Fsp3) is 0.188. The maximum Gasteiger partial charge on any atom is 0.224 e. The Hall–Kier alpha value is -2.20. The van der Waals surface area contributed by atoms with Crippen LogP contribution in [0, 0.1) is 6.92 Å². The molecule has 0 spiro atoms. The van der Waals surface area contributed by atoms with Gasteiger partial charge in [0.2, 0.25) is 5.91 Å². The second-order valence-corrected chi connectivity index (χ2v) is 5.67. The number of nitrogen functional groups attached to an aromatic ring is 1. The molecule has 4 nitrogen and oxygen atoms in total. The summed E-state index contributed by atoms with van der Waals surface area (Å²) in [6.07, 6.45) is 1.23. The van der Waals surface area contributed by atoms with Crippen molar-refractivity contribution >= 4 is 40.3 Å². The standard InChI is InChI=1S/C16H16ClN3O/c1-9-2-4-11(17)7-13(9)19-15-6-10-3-5-16(21)20-14(10)8-12(15)18/h2,4,6-8,19H,3,5,18H2,1H3,(H,20,21). The van der Waals surface area contributed by atoms with Crippen LogP contribution in [0.5, 0.6) is 0 Å². The Morgan fingerprint density at radius 3 is 2.81 bits per heavy atom. The lowest BCUT2D eigenvalue weighted by Gasteiger charge is -2.20. The topological polar surface area (TPSA) is 67.2 Å². The number of halogens is 1. The van der Waals surface area contributed by atoms with Gasteiger partial charge in [0.25, 0.3) is 0 Å². The number of carbonyl (C=O) groups is 1. The summed E-state index contributed by atoms with van der Waals surface area (Å²) < 4.78 is 0. The van der Waals surface area contributed by atoms with Crippen LogP contribution in [0.2, 0.25) is 5.02 Å². The third-order valence-corrected chi connectivity index (χ3v) is 3.87. The second-order valence-electron chi connectivity index (χ2n) is 5.23. The van der Waals surface area contributed by atoms with E-state index in [4.69, 9.17) is 17.3 Å². The van der Waals surface area contributed by atoms with Crippen LogP contribution in [-0.4, -0.2) is 5.91 Å². The van der Waals surface area contributed by atoms with Gasteiger partial charge in [0.1, 0.15) is 0 Å². The molecule has 0 aromatic heterocycles. The van der Waals surface area contributed by atoms with Crippen molar-refractivity contribution in [1.82, 2.24) is 0 Å². The number of hydrogen-bond donors (Lipinski definition) is 3. The van der Waals surface area contributed by atoms with Gasteiger partial charge in [-0.1, -0.05) is 17.7 Å². The van der Waals surface area contributed by atoms with Crippen LogP contribution in [0.1, 0.15) is 17.5 Å². The summed E-state index contributed by atoms with van der Waals surface area (Å²) in [6, 6.07) is 9.48. The van der Waals surface area contributed by atoms with Gasteiger partial charge in [-0.25, -0.2) is 0 Å². The SMILES string of the molecule is Cc1ccc(Cl)cc1Nc1cc2c(cc1N)NC(=O)CC2. The molecule has 1 amide bonds. The molecular formula is C16H16ClN3O. The molecule has 5 heteroatoms. The van der Waals surface area contributed by atoms with Crippen LogP contribution in [0.25, 0.3) is 0 Å². The fourth-order valence-corrected chi connectivity index (χ4v) is 2.60. The minimum atomic E-state index is 0.0355. The molecular weight excluding hydrogens is 286 g/mol. The second kappa shape index (κ2) is 5.30. The third-order valence-electron chi connectivity index (χ3n) is 3.64. The number of nitrogens with two attached hydrogens (primary N) is 1. The number of amides is 1. The first-order valence-corrected chi connectivity index (χ1v) is 7.16. The Morgan fingerprint density at radius 2 is 2.00 bits per heavy atom. The van der Waals surface area contributed by atoms with Gasteiger partial charge in [-0.05, 0) is 48.7 Å². The molecule has 0 aliphatic carbocycles. The minimum absolute atomic E-state index is 0.0355. The Morgan fingerprint density at radius 1 is 1.19 bits per heavy atom. The Kier molecular flexibility index (Phi) is 3.47. The van der Waals surface area contributed by atoms with E-state index in [1.165, 1.54) is 0 Å². The summed E-state index contributed by atoms with van der Waals surface area (Å²) in [7, 11) is 0. The Labute approximate surface area is 128 Å². The van der Waals surface area contributed by atoms with E-state index in [1.807, 2.05) is 31.2 Å². The largest absolute Gasteiger partial charge is 0.397 e. The van der Waals surface area contributed by atoms with Gasteiger partial charge in [-0.2, -0.15) is 0 Å². The summed E-state index contributed by atoms with van der Waals surface area (Å²) in [6.45, 7) is 2.01. The van der Waals surface area contributed by atoms with E-state index in [0.717, 1.165) is 34.6 Å². The molecule has 2 aromatic rings. The number of benzene rings is 2. The zero-order valence-electron chi connectivity index (χ0n) is 11.7. The number of aryl methyl sites for hydroxylation is 2. The lowest BCUT2D eigenvalue weighted by Crippen LogP contribution is -2.19. The molecule has 2 aromatic carbocycles. The number of carbonyl (C=O) groups excluding carboxylic acids is 1. The average molecular weight is 302 g/mol. The quantitative estimate of drug-likeness (QED) is 0.738. The van der Waals surface area contributed by atoms with Crippen molar-refractivity contribution in [3.8, 4) is 0 Å². The van der Waals surface area contributed by atoms with Gasteiger partial charge in [0.15, 0.2) is 0 Å². The Balaban J connectivity index is 1.96. The molecule has 21 heavy (non-hydrogen) atoms. The number of fused-ring (bicyclic) bond motifs is 1. The molecule has 0 radical (unpaired) electrons. The van der Waals surface area contributed by atoms with Crippen LogP contribution in [-0.2, 0) is 11.2 Å². The normalized spacial score (nSPS) is 13.5. The van der Waals surface area contributed by atoms with E-state index in [0.29, 0.717) is 17.1 Å². The molecule has 0 bridgehead atoms. The fourth-order valence-electron chi connectivity index (χ4n) is 2.43. The predicted octanol–water partition coefficient (Wildman–Crippen LogP) is 3.86. The van der Waals surface area contributed by atoms with E-state index < -0.39 is 0 Å². The summed E-state index contributed by atoms with van der Waals surface area (Å²) in [5.41, 5.74) is 11.4. The molecule has 0 saturated carbocycles. The summed E-state index contributed by atoms with van der Waals surface area (Å²) in [5.74, 6) is 0.0355. The van der Waals surface area contributed by atoms with Crippen LogP contribution < -0.4 is 16.4 Å². The monoisotopic (exact) mass is 301 g/mol. The maximum atomic E-state index is 11.4. The van der Waals surface area contributed by atoms with Gasteiger partial charge in [0, 0.05) is 22.8 Å². The molecule has 3 rings (SSSR count). The molecule has 0 fully saturated rings. The van der Waals surface area contributed by atoms with E-state index >= 15 is 0 Å². The molecule has 108 valence electrons. The van der Waals surface area contributed by atoms with Crippen LogP contribution in [0.4, 0.5) is 22.7 Å². The number of rotatable bonds is 2. The van der Waals surface area contributed by atoms with Gasteiger partial charge < -0.3 is 16.4 Å². The zero-order chi connectivity index (χ0) is 15.0. The van der Waals surface area contributed by atoms with Gasteiger partial charge in [0.05, 0.1) is 11.4 Å². The van der Waals surface area contributed by atoms with E-state index in [-0.39, 0.29) is 5.91 Å². The zero-order valence-corrected chi connectivity index (χ0v) is 12.4. The smallest absolute Gasteiger partial charge is 0.224 e. The highest BCUT2D eigenvalue weighted by Crippen LogP contribution is 2.33. The summed E-state index contributed by atoms with van der Waals surface area (Å²) in [4.78, 5) is 11.4. The van der Waals surface area contributed by atoms with E-state index in [1.54, 1.807) is 6.07 Å². The number of nitrogens with one attached hydrogen (secondary N) is 2. The minimum Gasteiger partial charge on any atom is -0.397 e. The highest BCUT2D eigenvalue weighted by atomic mass is 35.5. The molecule has 4 N–H and O–H groups in total. The van der Waals surface area contributed by atoms with Crippen molar-refractivity contribution < 1.29 is 4.79 Å². The molecule has 0 saturated heterocycles. The van der Waals surface area contributed by atoms with Crippen LogP contribution in [0.3, 0.4) is 0 Å². The summed E-state index contributed by atoms with van der Waals surface area (Å²) >= 11 is 6.04. The molecule has 1 aliphatic rings.